The van der Waals surface area contributed by atoms with E-state index >= 15 is 4.39 Å². The van der Waals surface area contributed by atoms with Gasteiger partial charge >= 0.3 is 46.3 Å². The predicted molar refractivity (Wildman–Crippen MR) is 447 cm³/mol. The summed E-state index contributed by atoms with van der Waals surface area (Å²) in [5.74, 6) is 0.274. The van der Waals surface area contributed by atoms with Gasteiger partial charge in [-0.25, -0.2) is 82.9 Å². The Morgan fingerprint density at radius 1 is 0.355 bits per heavy atom. The van der Waals surface area contributed by atoms with Crippen LogP contribution in [0.2, 0.25) is 0 Å². The van der Waals surface area contributed by atoms with Crippen LogP contribution in [0.1, 0.15) is 49.0 Å². The minimum Gasteiger partial charge on any atom is -0.397 e. The van der Waals surface area contributed by atoms with E-state index in [0.717, 1.165) is 34.4 Å². The summed E-state index contributed by atoms with van der Waals surface area (Å²) in [6.45, 7) is -1.48. The van der Waals surface area contributed by atoms with Crippen molar-refractivity contribution in [3.8, 4) is 0 Å². The molecule has 0 aromatic carbocycles. The van der Waals surface area contributed by atoms with Crippen LogP contribution in [-0.2, 0) is 111 Å². The molecule has 9 aliphatic heterocycles. The van der Waals surface area contributed by atoms with E-state index in [1.165, 1.54) is 69.7 Å². The fourth-order valence-corrected chi connectivity index (χ4v) is 21.8. The Labute approximate surface area is 764 Å². The third-order valence-corrected chi connectivity index (χ3v) is 28.9. The molecule has 138 heavy (non-hydrogen) atoms. The van der Waals surface area contributed by atoms with Gasteiger partial charge in [-0.1, -0.05) is 0 Å². The minimum atomic E-state index is -5.14. The summed E-state index contributed by atoms with van der Waals surface area (Å²) >= 11 is 0. The lowest BCUT2D eigenvalue weighted by Gasteiger charge is -2.26. The molecule has 0 spiro atoms. The van der Waals surface area contributed by atoms with Gasteiger partial charge in [0.15, 0.2) is 106 Å². The number of nitrogens with zero attached hydrogens (tertiary/aromatic N) is 20. The van der Waals surface area contributed by atoms with E-state index in [1.807, 2.05) is 0 Å². The summed E-state index contributed by atoms with van der Waals surface area (Å²) in [5.41, 5.74) is 22.6. The Bertz CT molecular complexity index is 6900. The highest BCUT2D eigenvalue weighted by atomic mass is 31.2. The van der Waals surface area contributed by atoms with Crippen molar-refractivity contribution in [3.05, 3.63) is 106 Å². The number of nitrogens with one attached hydrogen (secondary N) is 3. The Hall–Kier alpha value is -9.88. The number of rotatable bonds is 6. The molecular formula is C66H80FN27O38P6. The topological polar surface area (TPSA) is 904 Å². The van der Waals surface area contributed by atoms with Gasteiger partial charge in [0.1, 0.15) is 164 Å². The highest BCUT2D eigenvalue weighted by molar-refractivity contribution is 7.53. The summed E-state index contributed by atoms with van der Waals surface area (Å²) in [5, 5.41) is 55.6. The SMILES string of the molecule is Cc1nc2c(ncn2[C@@H]2O[C@@H]3COP(=O)(O)O[C@@H]4C(F)[C@H](n5cnc6c(N)ncnc65)O[C@@H]4COP(=O)(O)COC2[C@H]3O)c(=O)[nH]1.Cc1nc2c(ncn2[C@@H]2O[C@@H]3COP(=O)(O)O[C@@H]4C(O)[C@H](n5cnc6c(N)ncnc65)O[C@@H]4COP(=O)(O)COC2[C@H]3O)c(=O)[nH]1.Nc1nc2c(ncn2[C@@H]2O[C@@H]3COP(=O)(O)COC4[C@@H](O)[C@@H](COP(=O)(O)O[C@@H]3C2O)O[C@H]4n2cnc3c(N)ccnc32)c(=O)[nH]1. The van der Waals surface area contributed by atoms with Crippen LogP contribution in [-0.4, -0.2) is 336 Å². The van der Waals surface area contributed by atoms with E-state index in [4.69, 9.17) is 106 Å². The molecular weight excluding hydrogens is 1980 g/mol. The second-order valence-electron chi connectivity index (χ2n) is 32.0. The van der Waals surface area contributed by atoms with Crippen LogP contribution in [0.3, 0.4) is 0 Å². The molecule has 9 fully saturated rings. The Balaban J connectivity index is 0.000000132. The first-order chi connectivity index (χ1) is 65.4. The fourth-order valence-electron chi connectivity index (χ4n) is 16.5. The van der Waals surface area contributed by atoms with Crippen molar-refractivity contribution in [2.75, 3.05) is 81.6 Å². The molecule has 0 aliphatic carbocycles. The number of alkyl halides is 1. The molecule has 0 saturated carbocycles. The van der Waals surface area contributed by atoms with Gasteiger partial charge in [0.05, 0.1) is 83.3 Å². The van der Waals surface area contributed by atoms with E-state index in [9.17, 15) is 96.7 Å². The molecule has 12 unspecified atom stereocenters. The van der Waals surface area contributed by atoms with Crippen molar-refractivity contribution in [2.45, 2.75) is 161 Å². The zero-order valence-electron chi connectivity index (χ0n) is 70.3. The van der Waals surface area contributed by atoms with Gasteiger partial charge in [0, 0.05) is 6.20 Å². The van der Waals surface area contributed by atoms with Gasteiger partial charge in [-0.05, 0) is 19.9 Å². The molecule has 30 atom stereocenters. The number of ether oxygens (including phenoxy) is 9. The second kappa shape index (κ2) is 37.2. The maximum Gasteiger partial charge on any atom is 0.472 e. The summed E-state index contributed by atoms with van der Waals surface area (Å²) in [7, 11) is -29.2. The van der Waals surface area contributed by atoms with Crippen molar-refractivity contribution >= 4 is 137 Å². The molecule has 21 rings (SSSR count). The van der Waals surface area contributed by atoms with Crippen LogP contribution in [0.5, 0.6) is 0 Å². The number of H-pyrrole nitrogens is 3. The van der Waals surface area contributed by atoms with Crippen LogP contribution < -0.4 is 39.6 Å². The maximum atomic E-state index is 16.0. The van der Waals surface area contributed by atoms with Gasteiger partial charge in [0.25, 0.3) is 16.7 Å². The van der Waals surface area contributed by atoms with Gasteiger partial charge < -0.3 is 144 Å². The van der Waals surface area contributed by atoms with Crippen molar-refractivity contribution in [1.82, 2.24) is 112 Å². The first-order valence-electron chi connectivity index (χ1n) is 40.7. The lowest BCUT2D eigenvalue weighted by Crippen LogP contribution is -2.38. The second-order valence-corrected chi connectivity index (χ2v) is 41.6. The number of imidazole rings is 6. The first kappa shape index (κ1) is 97.0. The molecule has 6 bridgehead atoms. The molecule has 9 aliphatic rings. The smallest absolute Gasteiger partial charge is 0.397 e. The number of fused-ring (bicyclic) bond motifs is 15. The number of nitrogen functional groups attached to an aromatic ring is 4. The van der Waals surface area contributed by atoms with E-state index in [2.05, 4.69) is 84.7 Å². The molecule has 0 radical (unpaired) electrons. The third kappa shape index (κ3) is 18.9. The summed E-state index contributed by atoms with van der Waals surface area (Å²) in [6.07, 6.45) is -28.4. The normalized spacial score (nSPS) is 37.4. The minimum absolute atomic E-state index is 0.00652. The van der Waals surface area contributed by atoms with Gasteiger partial charge in [0.2, 0.25) is 5.95 Å². The van der Waals surface area contributed by atoms with E-state index in [1.54, 1.807) is 0 Å². The lowest BCUT2D eigenvalue weighted by atomic mass is 10.1. The average molecular weight is 2060 g/mol. The number of phosphoric acid groups is 3. The number of phosphoric ester groups is 3. The number of hydrogen-bond acceptors (Lipinski definition) is 50. The quantitative estimate of drug-likeness (QED) is 0.0709. The van der Waals surface area contributed by atoms with Crippen molar-refractivity contribution in [3.63, 3.8) is 0 Å². The number of aromatic amines is 3. The molecule has 21 heterocycles. The lowest BCUT2D eigenvalue weighted by molar-refractivity contribution is -0.0649. The predicted octanol–water partition coefficient (Wildman–Crippen LogP) is -3.86. The zero-order valence-corrected chi connectivity index (χ0v) is 75.6. The average Bonchev–Trinajstić information content (AvgIpc) is 1.62. The van der Waals surface area contributed by atoms with Gasteiger partial charge in [-0.2, -0.15) is 4.98 Å². The number of halogens is 1. The Kier molecular flexibility index (Phi) is 26.1. The number of hydrogen-bond donors (Lipinski definition) is 18. The monoisotopic (exact) mass is 2060 g/mol. The number of aliphatic hydroxyl groups excluding tert-OH is 5. The standard InChI is InChI=1S/C22H26FN9O12P2.2C22H27N9O13P2/c1-8-29-19-13(20(34)30-8)28-6-32(19)22-16-14(33)9(42-22)2-41-46(37,38)44-15-10(3-40-45(35,36)7-39-16)43-21(11(15)23)31-5-27-12-17(24)25-4-26-18(12)31;1-8-28-19-12(20(34)29-8)27-6-31(19)22-16-13(32)9(42-22)2-41-46(37,38)44-15-10(3-40-45(35,36)7-39-16)43-21(14(15)33)30-5-26-11-17(23)24-4-25-18(11)30;23-8-1-2-25-17-11(8)26-5-30(17)21-16-13(32)9(42-21)3-41-46(37,38)44-15-10(4-40-45(35,36)7-39-16)43-20(14(15)33)31-6-27-12-18(31)28-22(24)29-19(12)34/h4-6,9-11,14-16,21-22,33H,2-3,7H2,1H3,(H,35,36)(H,37,38)(H2,24,25,26)(H,29,30,34);4-6,9-10,13-16,21-22,32-33H,2-3,7H2,1H3,(H,35,36)(H,37,38)(H2,23,24,25)(H,28,29,34);1-2,5-6,9-10,13-16,20-21,32-33H,3-4,7H2,(H2,23,25)(H,35,36)(H,37,38)(H3,24,28,29,34)/t9-,10-,11?,14+,15+,16?,21-,22-;9-,10-,13+,14?,15+,16?,21-,22-;9-,10-,13+,14?,15+,16?,20-,21-/m111/s1. The van der Waals surface area contributed by atoms with Crippen molar-refractivity contribution < 1.29 is 170 Å². The number of anilines is 4. The van der Waals surface area contributed by atoms with E-state index in [0.29, 0.717) is 11.2 Å². The molecule has 0 amide bonds. The largest absolute Gasteiger partial charge is 0.472 e. The van der Waals surface area contributed by atoms with Crippen LogP contribution in [0, 0.1) is 13.8 Å². The molecule has 65 nitrogen and oxygen atoms in total. The molecule has 22 N–H and O–H groups in total. The van der Waals surface area contributed by atoms with Crippen LogP contribution >= 0.6 is 46.3 Å². The van der Waals surface area contributed by atoms with Crippen molar-refractivity contribution in [2.24, 2.45) is 0 Å². The number of aryl methyl sites for hydroxylation is 2. The van der Waals surface area contributed by atoms with Crippen LogP contribution in [0.15, 0.2) is 77.3 Å². The third-order valence-electron chi connectivity index (χ3n) is 22.9. The summed E-state index contributed by atoms with van der Waals surface area (Å²) in [6, 6.07) is 1.53. The molecule has 12 aromatic rings. The summed E-state index contributed by atoms with van der Waals surface area (Å²) in [4.78, 5) is 165. The maximum absolute atomic E-state index is 16.0. The fraction of sp³-hybridized carbons (Fsp3) is 0.530. The zero-order chi connectivity index (χ0) is 97.6. The Morgan fingerprint density at radius 3 is 1.08 bits per heavy atom. The van der Waals surface area contributed by atoms with Crippen molar-refractivity contribution in [1.29, 1.82) is 0 Å². The van der Waals surface area contributed by atoms with E-state index in [-0.39, 0.29) is 90.7 Å². The number of nitrogens with two attached hydrogens (primary N) is 4. The van der Waals surface area contributed by atoms with Crippen LogP contribution in [0.4, 0.5) is 27.7 Å². The molecule has 72 heteroatoms. The first-order valence-corrected chi connectivity index (χ1v) is 50.4. The van der Waals surface area contributed by atoms with Crippen LogP contribution in [0.25, 0.3) is 67.0 Å². The highest BCUT2D eigenvalue weighted by Gasteiger charge is 2.58. The molecule has 12 aromatic heterocycles. The number of aromatic nitrogens is 23. The number of aliphatic hydroxyl groups is 5. The van der Waals surface area contributed by atoms with Gasteiger partial charge in [-0.3, -0.25) is 87.6 Å². The Morgan fingerprint density at radius 2 is 0.667 bits per heavy atom. The van der Waals surface area contributed by atoms with Gasteiger partial charge in [-0.15, -0.1) is 0 Å². The molecule has 9 saturated heterocycles. The molecule has 744 valence electrons. The highest BCUT2D eigenvalue weighted by Crippen LogP contribution is 2.57. The summed E-state index contributed by atoms with van der Waals surface area (Å²) < 4.78 is 201. The van der Waals surface area contributed by atoms with E-state index < -0.39 is 269 Å². The number of pyridine rings is 1.